The minimum Gasteiger partial charge on any atom is -0.493 e. The molecule has 0 aliphatic carbocycles. The van der Waals surface area contributed by atoms with Crippen molar-refractivity contribution in [2.75, 3.05) is 64.2 Å². The summed E-state index contributed by atoms with van der Waals surface area (Å²) in [5.41, 5.74) is 17.3. The third-order valence-electron chi connectivity index (χ3n) is 6.58. The van der Waals surface area contributed by atoms with Crippen LogP contribution in [0.1, 0.15) is 32.1 Å². The van der Waals surface area contributed by atoms with Crippen LogP contribution in [0.25, 0.3) is 10.9 Å². The molecule has 2 saturated heterocycles. The largest absolute Gasteiger partial charge is 0.493 e. The molecule has 2 fully saturated rings. The molecule has 13 nitrogen and oxygen atoms in total. The molecule has 0 saturated carbocycles. The number of hydrogen-bond donors (Lipinski definition) is 4. The van der Waals surface area contributed by atoms with E-state index in [-0.39, 0.29) is 12.0 Å². The number of carboxylic acid groups (broad SMARTS) is 1. The lowest BCUT2D eigenvalue weighted by Gasteiger charge is -2.35. The number of carbonyl (C=O) groups excluding carboxylic acids is 1. The second kappa shape index (κ2) is 13.9. The van der Waals surface area contributed by atoms with Gasteiger partial charge in [0, 0.05) is 44.2 Å². The number of carboxylic acids is 1. The lowest BCUT2D eigenvalue weighted by molar-refractivity contribution is -0.141. The molecule has 210 valence electrons. The number of nitrogens with two attached hydrogens (primary N) is 3. The average Bonchev–Trinajstić information content (AvgIpc) is 3.47. The number of aliphatic carboxylic acids is 1. The number of carbonyl (C=O) groups is 2. The van der Waals surface area contributed by atoms with Crippen molar-refractivity contribution in [1.29, 1.82) is 0 Å². The van der Waals surface area contributed by atoms with E-state index in [9.17, 15) is 9.59 Å². The predicted molar refractivity (Wildman–Crippen MR) is 143 cm³/mol. The Morgan fingerprint density at radius 3 is 2.39 bits per heavy atom. The Hall–Kier alpha value is -3.42. The van der Waals surface area contributed by atoms with Gasteiger partial charge < -0.3 is 46.3 Å². The van der Waals surface area contributed by atoms with E-state index in [4.69, 9.17) is 36.5 Å². The van der Waals surface area contributed by atoms with Gasteiger partial charge >= 0.3 is 5.97 Å². The molecule has 2 unspecified atom stereocenters. The van der Waals surface area contributed by atoms with Crippen molar-refractivity contribution in [2.24, 2.45) is 11.5 Å². The average molecular weight is 534 g/mol. The zero-order valence-corrected chi connectivity index (χ0v) is 22.1. The minimum atomic E-state index is -0.933. The zero-order valence-electron chi connectivity index (χ0n) is 22.1. The Morgan fingerprint density at radius 2 is 1.82 bits per heavy atom. The normalized spacial score (nSPS) is 18.1. The van der Waals surface area contributed by atoms with Crippen molar-refractivity contribution in [1.82, 2.24) is 14.9 Å². The van der Waals surface area contributed by atoms with Crippen molar-refractivity contribution in [3.8, 4) is 11.5 Å². The Kier molecular flexibility index (Phi) is 10.7. The van der Waals surface area contributed by atoms with Crippen LogP contribution in [0.2, 0.25) is 0 Å². The molecule has 2 aliphatic heterocycles. The molecule has 0 spiro atoms. The fraction of sp³-hybridized carbons (Fsp3) is 0.600. The van der Waals surface area contributed by atoms with Crippen LogP contribution in [-0.4, -0.2) is 97.5 Å². The number of nitrogens with zero attached hydrogens (tertiary/aromatic N) is 4. The number of hydrogen-bond acceptors (Lipinski definition) is 11. The lowest BCUT2D eigenvalue weighted by Crippen LogP contribution is -2.51. The molecule has 3 heterocycles. The molecule has 0 radical (unpaired) electrons. The fourth-order valence-electron chi connectivity index (χ4n) is 4.34. The first-order valence-corrected chi connectivity index (χ1v) is 12.8. The van der Waals surface area contributed by atoms with Gasteiger partial charge in [0.15, 0.2) is 11.5 Å². The summed E-state index contributed by atoms with van der Waals surface area (Å²) in [6, 6.07) is 2.87. The Balaban J connectivity index is 0.000000342. The molecule has 1 amide bonds. The summed E-state index contributed by atoms with van der Waals surface area (Å²) in [6.07, 6.45) is 3.66. The number of benzene rings is 1. The van der Waals surface area contributed by atoms with Crippen LogP contribution < -0.4 is 31.6 Å². The van der Waals surface area contributed by atoms with E-state index in [2.05, 4.69) is 9.97 Å². The predicted octanol–water partition coefficient (Wildman–Crippen LogP) is 0.584. The number of anilines is 2. The van der Waals surface area contributed by atoms with Gasteiger partial charge in [-0.1, -0.05) is 6.42 Å². The monoisotopic (exact) mass is 533 g/mol. The fourth-order valence-corrected chi connectivity index (χ4v) is 4.34. The van der Waals surface area contributed by atoms with Gasteiger partial charge in [0.25, 0.3) is 5.91 Å². The molecule has 7 N–H and O–H groups in total. The van der Waals surface area contributed by atoms with E-state index in [0.717, 1.165) is 25.7 Å². The van der Waals surface area contributed by atoms with Gasteiger partial charge in [-0.25, -0.2) is 4.98 Å². The minimum absolute atomic E-state index is 0.0907. The van der Waals surface area contributed by atoms with Gasteiger partial charge in [0.1, 0.15) is 18.0 Å². The summed E-state index contributed by atoms with van der Waals surface area (Å²) in [4.78, 5) is 35.7. The molecule has 2 aromatic rings. The molecular weight excluding hydrogens is 494 g/mol. The maximum absolute atomic E-state index is 12.5. The Labute approximate surface area is 222 Å². The first kappa shape index (κ1) is 29.1. The van der Waals surface area contributed by atoms with Crippen LogP contribution in [0.5, 0.6) is 11.5 Å². The molecular formula is C25H39N7O6. The van der Waals surface area contributed by atoms with Crippen molar-refractivity contribution < 1.29 is 28.9 Å². The van der Waals surface area contributed by atoms with Crippen molar-refractivity contribution >= 4 is 34.5 Å². The molecule has 2 atom stereocenters. The number of ether oxygens (including phenoxy) is 3. The Morgan fingerprint density at radius 1 is 1.13 bits per heavy atom. The number of aromatic nitrogens is 2. The van der Waals surface area contributed by atoms with E-state index < -0.39 is 12.0 Å². The number of rotatable bonds is 9. The molecule has 1 aromatic carbocycles. The number of piperazine rings is 1. The van der Waals surface area contributed by atoms with Gasteiger partial charge in [-0.3, -0.25) is 9.59 Å². The highest BCUT2D eigenvalue weighted by molar-refractivity contribution is 5.91. The van der Waals surface area contributed by atoms with E-state index >= 15 is 0 Å². The first-order valence-electron chi connectivity index (χ1n) is 12.8. The van der Waals surface area contributed by atoms with Gasteiger partial charge in [0.05, 0.1) is 19.7 Å². The Bertz CT molecular complexity index is 1090. The standard InChI is InChI=1S/C19H25N5O4.C6H14N2O2/c1-26-15-10-12-13(11-16(15)27-2)21-19(22-17(12)20)24-7-5-23(6-8-24)18(25)14-4-3-9-28-14;7-4-2-1-3-5(8)6(9)10/h10-11,14H,3-9H2,1-2H3,(H2,20,21,22);5H,1-4,7-8H2,(H,9,10). The molecule has 4 rings (SSSR count). The second-order valence-corrected chi connectivity index (χ2v) is 9.18. The number of amides is 1. The quantitative estimate of drug-likeness (QED) is 0.328. The summed E-state index contributed by atoms with van der Waals surface area (Å²) in [5, 5.41) is 9.04. The lowest BCUT2D eigenvalue weighted by atomic mass is 10.1. The number of unbranched alkanes of at least 4 members (excludes halogenated alkanes) is 1. The second-order valence-electron chi connectivity index (χ2n) is 9.18. The van der Waals surface area contributed by atoms with Gasteiger partial charge in [0.2, 0.25) is 5.95 Å². The molecule has 2 aliphatic rings. The van der Waals surface area contributed by atoms with E-state index in [1.165, 1.54) is 0 Å². The molecule has 1 aromatic heterocycles. The highest BCUT2D eigenvalue weighted by Crippen LogP contribution is 2.34. The third kappa shape index (κ3) is 7.33. The van der Waals surface area contributed by atoms with Crippen LogP contribution in [0.4, 0.5) is 11.8 Å². The van der Waals surface area contributed by atoms with E-state index in [0.29, 0.717) is 79.9 Å². The summed E-state index contributed by atoms with van der Waals surface area (Å²) in [5.74, 6) is 1.27. The highest BCUT2D eigenvalue weighted by Gasteiger charge is 2.31. The van der Waals surface area contributed by atoms with Crippen molar-refractivity contribution in [2.45, 2.75) is 44.2 Å². The van der Waals surface area contributed by atoms with Gasteiger partial charge in [-0.05, 0) is 38.3 Å². The van der Waals surface area contributed by atoms with Crippen molar-refractivity contribution in [3.05, 3.63) is 12.1 Å². The van der Waals surface area contributed by atoms with Gasteiger partial charge in [-0.15, -0.1) is 0 Å². The van der Waals surface area contributed by atoms with E-state index in [1.54, 1.807) is 26.4 Å². The summed E-state index contributed by atoms with van der Waals surface area (Å²) < 4.78 is 16.2. The number of nitrogen functional groups attached to an aromatic ring is 1. The maximum atomic E-state index is 12.5. The molecule has 38 heavy (non-hydrogen) atoms. The smallest absolute Gasteiger partial charge is 0.320 e. The third-order valence-corrected chi connectivity index (χ3v) is 6.58. The topological polar surface area (TPSA) is 192 Å². The van der Waals surface area contributed by atoms with E-state index in [1.807, 2.05) is 9.80 Å². The molecule has 0 bridgehead atoms. The first-order chi connectivity index (χ1) is 18.3. The summed E-state index contributed by atoms with van der Waals surface area (Å²) in [6.45, 7) is 3.81. The maximum Gasteiger partial charge on any atom is 0.320 e. The van der Waals surface area contributed by atoms with Crippen LogP contribution in [0.15, 0.2) is 12.1 Å². The SMILES string of the molecule is COc1cc2nc(N3CCN(C(=O)C4CCCO4)CC3)nc(N)c2cc1OC.NCCCCC(N)C(=O)O. The number of methoxy groups -OCH3 is 2. The van der Waals surface area contributed by atoms with Crippen LogP contribution in [-0.2, 0) is 14.3 Å². The van der Waals surface area contributed by atoms with Gasteiger partial charge in [-0.2, -0.15) is 4.98 Å². The van der Waals surface area contributed by atoms with Crippen LogP contribution >= 0.6 is 0 Å². The van der Waals surface area contributed by atoms with Crippen LogP contribution in [0.3, 0.4) is 0 Å². The molecule has 13 heteroatoms. The highest BCUT2D eigenvalue weighted by atomic mass is 16.5. The van der Waals surface area contributed by atoms with Crippen LogP contribution in [0, 0.1) is 0 Å². The summed E-state index contributed by atoms with van der Waals surface area (Å²) in [7, 11) is 3.16. The zero-order chi connectivity index (χ0) is 27.7. The summed E-state index contributed by atoms with van der Waals surface area (Å²) >= 11 is 0. The number of fused-ring (bicyclic) bond motifs is 1. The van der Waals surface area contributed by atoms with Crippen molar-refractivity contribution in [3.63, 3.8) is 0 Å².